The highest BCUT2D eigenvalue weighted by Crippen LogP contribution is 2.39. The Morgan fingerprint density at radius 3 is 2.41 bits per heavy atom. The highest BCUT2D eigenvalue weighted by atomic mass is 32.2. The zero-order valence-electron chi connectivity index (χ0n) is 13.0. The van der Waals surface area contributed by atoms with Gasteiger partial charge < -0.3 is 9.64 Å². The summed E-state index contributed by atoms with van der Waals surface area (Å²) in [5, 5.41) is 3.79. The van der Waals surface area contributed by atoms with Crippen LogP contribution in [0.3, 0.4) is 0 Å². The highest BCUT2D eigenvalue weighted by Gasteiger charge is 2.46. The molecule has 2 bridgehead atoms. The standard InChI is InChI=1S/C14H21N3O4S/c1-16-8-12(13(15-16)21-2)14(18)17-9-4-5-10(17)7-11(6-9)22(3,19)20/h8-11H,4-7H2,1-3H3. The Hall–Kier alpha value is -1.57. The van der Waals surface area contributed by atoms with Crippen molar-refractivity contribution in [2.75, 3.05) is 13.4 Å². The molecule has 7 nitrogen and oxygen atoms in total. The van der Waals surface area contributed by atoms with Crippen LogP contribution in [-0.2, 0) is 16.9 Å². The summed E-state index contributed by atoms with van der Waals surface area (Å²) in [5.41, 5.74) is 0.444. The van der Waals surface area contributed by atoms with Gasteiger partial charge in [-0.3, -0.25) is 9.48 Å². The van der Waals surface area contributed by atoms with Crippen LogP contribution in [-0.4, -0.2) is 59.7 Å². The number of piperidine rings is 1. The quantitative estimate of drug-likeness (QED) is 0.812. The molecule has 0 N–H and O–H groups in total. The molecule has 2 atom stereocenters. The maximum Gasteiger partial charge on any atom is 0.261 e. The fourth-order valence-corrected chi connectivity index (χ4v) is 4.86. The van der Waals surface area contributed by atoms with Crippen molar-refractivity contribution in [1.29, 1.82) is 0 Å². The SMILES string of the molecule is COc1nn(C)cc1C(=O)N1C2CCC1CC(S(C)(=O)=O)C2. The third-order valence-corrected chi connectivity index (χ3v) is 6.34. The van der Waals surface area contributed by atoms with Crippen LogP contribution in [0.1, 0.15) is 36.0 Å². The molecule has 0 spiro atoms. The number of rotatable bonds is 3. The van der Waals surface area contributed by atoms with Gasteiger partial charge in [0.05, 0.1) is 12.4 Å². The summed E-state index contributed by atoms with van der Waals surface area (Å²) in [5.74, 6) is 0.210. The van der Waals surface area contributed by atoms with Crippen molar-refractivity contribution in [2.24, 2.45) is 7.05 Å². The van der Waals surface area contributed by atoms with Gasteiger partial charge in [-0.25, -0.2) is 8.42 Å². The first kappa shape index (κ1) is 15.3. The highest BCUT2D eigenvalue weighted by molar-refractivity contribution is 7.91. The number of hydrogen-bond donors (Lipinski definition) is 0. The van der Waals surface area contributed by atoms with Gasteiger partial charge in [0, 0.05) is 31.6 Å². The Balaban J connectivity index is 1.86. The number of ether oxygens (including phenoxy) is 1. The van der Waals surface area contributed by atoms with Gasteiger partial charge in [-0.2, -0.15) is 0 Å². The Labute approximate surface area is 130 Å². The Kier molecular flexibility index (Phi) is 3.66. The number of aryl methyl sites for hydroxylation is 1. The number of carbonyl (C=O) groups excluding carboxylic acids is 1. The van der Waals surface area contributed by atoms with E-state index in [2.05, 4.69) is 5.10 Å². The molecule has 0 aromatic carbocycles. The molecule has 3 rings (SSSR count). The first-order chi connectivity index (χ1) is 10.3. The minimum Gasteiger partial charge on any atom is -0.479 e. The van der Waals surface area contributed by atoms with E-state index >= 15 is 0 Å². The molecule has 3 heterocycles. The van der Waals surface area contributed by atoms with Crippen LogP contribution in [0.5, 0.6) is 5.88 Å². The molecular weight excluding hydrogens is 306 g/mol. The van der Waals surface area contributed by atoms with E-state index < -0.39 is 9.84 Å². The topological polar surface area (TPSA) is 81.5 Å². The van der Waals surface area contributed by atoms with E-state index in [0.29, 0.717) is 24.3 Å². The molecule has 0 aliphatic carbocycles. The molecule has 1 aromatic heterocycles. The summed E-state index contributed by atoms with van der Waals surface area (Å²) in [4.78, 5) is 14.7. The molecule has 0 saturated carbocycles. The molecule has 122 valence electrons. The van der Waals surface area contributed by atoms with Crippen molar-refractivity contribution < 1.29 is 17.9 Å². The number of hydrogen-bond acceptors (Lipinski definition) is 5. The molecule has 2 unspecified atom stereocenters. The number of fused-ring (bicyclic) bond motifs is 2. The minimum atomic E-state index is -3.05. The zero-order valence-corrected chi connectivity index (χ0v) is 13.8. The lowest BCUT2D eigenvalue weighted by atomic mass is 10.0. The van der Waals surface area contributed by atoms with Crippen LogP contribution in [0.2, 0.25) is 0 Å². The lowest BCUT2D eigenvalue weighted by Gasteiger charge is -2.38. The summed E-state index contributed by atoms with van der Waals surface area (Å²) in [6, 6.07) is -0.00762. The molecule has 2 aliphatic heterocycles. The van der Waals surface area contributed by atoms with Crippen molar-refractivity contribution in [3.05, 3.63) is 11.8 Å². The van der Waals surface area contributed by atoms with E-state index in [1.165, 1.54) is 13.4 Å². The third kappa shape index (κ3) is 2.49. The number of amides is 1. The van der Waals surface area contributed by atoms with E-state index in [9.17, 15) is 13.2 Å². The largest absolute Gasteiger partial charge is 0.479 e. The predicted molar refractivity (Wildman–Crippen MR) is 80.6 cm³/mol. The maximum absolute atomic E-state index is 12.9. The Morgan fingerprint density at radius 2 is 1.91 bits per heavy atom. The maximum atomic E-state index is 12.9. The summed E-state index contributed by atoms with van der Waals surface area (Å²) in [7, 11) is 0.176. The number of sulfone groups is 1. The molecule has 0 radical (unpaired) electrons. The molecule has 1 aromatic rings. The smallest absolute Gasteiger partial charge is 0.261 e. The zero-order chi connectivity index (χ0) is 16.1. The molecule has 2 saturated heterocycles. The second-order valence-electron chi connectivity index (χ2n) is 6.25. The van der Waals surface area contributed by atoms with Gasteiger partial charge in [0.2, 0.25) is 5.88 Å². The van der Waals surface area contributed by atoms with Crippen LogP contribution < -0.4 is 4.74 Å². The van der Waals surface area contributed by atoms with E-state index in [-0.39, 0.29) is 23.2 Å². The Bertz CT molecular complexity index is 683. The fraction of sp³-hybridized carbons (Fsp3) is 0.714. The monoisotopic (exact) mass is 327 g/mol. The molecule has 8 heteroatoms. The van der Waals surface area contributed by atoms with Crippen LogP contribution in [0, 0.1) is 0 Å². The summed E-state index contributed by atoms with van der Waals surface area (Å²) in [6.07, 6.45) is 5.74. The second-order valence-corrected chi connectivity index (χ2v) is 8.57. The van der Waals surface area contributed by atoms with Gasteiger partial charge in [-0.05, 0) is 25.7 Å². The molecule has 22 heavy (non-hydrogen) atoms. The Morgan fingerprint density at radius 1 is 1.32 bits per heavy atom. The van der Waals surface area contributed by atoms with Crippen molar-refractivity contribution in [3.63, 3.8) is 0 Å². The number of aromatic nitrogens is 2. The fourth-order valence-electron chi connectivity index (χ4n) is 3.71. The summed E-state index contributed by atoms with van der Waals surface area (Å²) < 4.78 is 30.4. The van der Waals surface area contributed by atoms with Crippen molar-refractivity contribution in [3.8, 4) is 5.88 Å². The van der Waals surface area contributed by atoms with Crippen molar-refractivity contribution >= 4 is 15.7 Å². The van der Waals surface area contributed by atoms with E-state index in [1.54, 1.807) is 17.9 Å². The van der Waals surface area contributed by atoms with Crippen LogP contribution in [0.4, 0.5) is 0 Å². The number of methoxy groups -OCH3 is 1. The average Bonchev–Trinajstić information content (AvgIpc) is 2.94. The summed E-state index contributed by atoms with van der Waals surface area (Å²) >= 11 is 0. The molecule has 2 fully saturated rings. The normalized spacial score (nSPS) is 28.0. The van der Waals surface area contributed by atoms with E-state index in [1.807, 2.05) is 4.90 Å². The van der Waals surface area contributed by atoms with Crippen molar-refractivity contribution in [2.45, 2.75) is 43.0 Å². The first-order valence-electron chi connectivity index (χ1n) is 7.40. The number of carbonyl (C=O) groups is 1. The van der Waals surface area contributed by atoms with Gasteiger partial charge in [-0.15, -0.1) is 5.10 Å². The first-order valence-corrected chi connectivity index (χ1v) is 9.36. The second kappa shape index (κ2) is 5.26. The lowest BCUT2D eigenvalue weighted by Crippen LogP contribution is -2.49. The van der Waals surface area contributed by atoms with Gasteiger partial charge in [0.25, 0.3) is 5.91 Å². The van der Waals surface area contributed by atoms with Crippen LogP contribution >= 0.6 is 0 Å². The lowest BCUT2D eigenvalue weighted by molar-refractivity contribution is 0.0595. The predicted octanol–water partition coefficient (Wildman–Crippen LogP) is 0.609. The van der Waals surface area contributed by atoms with Gasteiger partial charge in [0.15, 0.2) is 0 Å². The van der Waals surface area contributed by atoms with Crippen LogP contribution in [0.25, 0.3) is 0 Å². The van der Waals surface area contributed by atoms with E-state index in [4.69, 9.17) is 4.74 Å². The number of nitrogens with zero attached hydrogens (tertiary/aromatic N) is 3. The third-order valence-electron chi connectivity index (χ3n) is 4.75. The average molecular weight is 327 g/mol. The molecule has 2 aliphatic rings. The van der Waals surface area contributed by atoms with Gasteiger partial charge in [0.1, 0.15) is 15.4 Å². The van der Waals surface area contributed by atoms with E-state index in [0.717, 1.165) is 12.8 Å². The van der Waals surface area contributed by atoms with Crippen molar-refractivity contribution in [1.82, 2.24) is 14.7 Å². The van der Waals surface area contributed by atoms with Gasteiger partial charge in [-0.1, -0.05) is 0 Å². The van der Waals surface area contributed by atoms with Gasteiger partial charge >= 0.3 is 0 Å². The van der Waals surface area contributed by atoms with Crippen LogP contribution in [0.15, 0.2) is 6.20 Å². The summed E-state index contributed by atoms with van der Waals surface area (Å²) in [6.45, 7) is 0. The minimum absolute atomic E-state index is 0.00381. The molecule has 1 amide bonds. The molecular formula is C14H21N3O4S.